The molecule has 0 unspecified atom stereocenters. The van der Waals surface area contributed by atoms with E-state index in [1.165, 1.54) is 33.4 Å². The van der Waals surface area contributed by atoms with E-state index in [4.69, 9.17) is 40.8 Å². The molecule has 4 aromatic rings. The quantitative estimate of drug-likeness (QED) is 0.0342. The fraction of sp³-hybridized carbons (Fsp3) is 0.615. The van der Waals surface area contributed by atoms with Crippen molar-refractivity contribution in [3.05, 3.63) is 158 Å². The van der Waals surface area contributed by atoms with Crippen LogP contribution in [0.3, 0.4) is 0 Å². The summed E-state index contributed by atoms with van der Waals surface area (Å²) in [7, 11) is -11.8. The molecule has 0 saturated heterocycles. The van der Waals surface area contributed by atoms with Gasteiger partial charge in [-0.2, -0.15) is 0 Å². The first kappa shape index (κ1) is 82.5. The normalized spacial score (nSPS) is 14.3. The molecule has 0 atom stereocenters. The Morgan fingerprint density at radius 2 is 0.366 bits per heavy atom. The highest BCUT2D eigenvalue weighted by Crippen LogP contribution is 2.42. The minimum absolute atomic E-state index is 0.119. The molecule has 0 aliphatic heterocycles. The summed E-state index contributed by atoms with van der Waals surface area (Å²) >= 11 is 0. The minimum atomic E-state index is -1.97. The minimum Gasteiger partial charge on any atom is -0.413 e. The van der Waals surface area contributed by atoms with E-state index in [-0.39, 0.29) is 30.2 Å². The van der Waals surface area contributed by atoms with Crippen molar-refractivity contribution in [2.45, 2.75) is 293 Å². The van der Waals surface area contributed by atoms with Gasteiger partial charge in [0.15, 0.2) is 49.9 Å². The van der Waals surface area contributed by atoms with Gasteiger partial charge in [0.25, 0.3) is 0 Å². The summed E-state index contributed by atoms with van der Waals surface area (Å²) in [4.78, 5) is 0. The van der Waals surface area contributed by atoms with Crippen LogP contribution in [0, 0.1) is 0 Å². The monoisotopic (exact) mass is 1380 g/mol. The van der Waals surface area contributed by atoms with Crippen molar-refractivity contribution < 1.29 is 40.8 Å². The van der Waals surface area contributed by atoms with Gasteiger partial charge < -0.3 is 40.8 Å². The van der Waals surface area contributed by atoms with E-state index in [1.807, 2.05) is 0 Å². The SMILES string of the molecule is CC(C)(C)[Si](C)(C)OCc1cc(/C=C/COCc2cc(COC/C=C/c3cc(CO[Si](C)(C)C(C)(C)C)cc(CO[Si](C)(C)C(C)(C)C)c3)cc(COC/C=C/c3cc(CO[Si](C)(C)C(C)(C)C)cc(CO[Si](C)(C)C(C)(C)C)c3)c2)cc(CO[Si](C)(C)C(C)(C)C)c1. The molecule has 0 heterocycles. The molecule has 4 rings (SSSR count). The number of hydrogen-bond acceptors (Lipinski definition) is 9. The summed E-state index contributed by atoms with van der Waals surface area (Å²) in [5.74, 6) is 0. The first-order valence-electron chi connectivity index (χ1n) is 34.4. The highest BCUT2D eigenvalue weighted by Gasteiger charge is 2.41. The van der Waals surface area contributed by atoms with E-state index in [9.17, 15) is 0 Å². The predicted molar refractivity (Wildman–Crippen MR) is 414 cm³/mol. The van der Waals surface area contributed by atoms with Gasteiger partial charge in [-0.1, -0.05) is 197 Å². The van der Waals surface area contributed by atoms with Crippen LogP contribution in [0.5, 0.6) is 0 Å². The summed E-state index contributed by atoms with van der Waals surface area (Å²) in [6, 6.07) is 26.9. The number of rotatable bonds is 33. The molecule has 0 amide bonds. The van der Waals surface area contributed by atoms with Crippen LogP contribution < -0.4 is 0 Å². The third kappa shape index (κ3) is 26.7. The first-order chi connectivity index (χ1) is 42.3. The van der Waals surface area contributed by atoms with Gasteiger partial charge in [-0.3, -0.25) is 0 Å². The Bertz CT molecular complexity index is 2610. The third-order valence-corrected chi connectivity index (χ3v) is 48.0. The Morgan fingerprint density at radius 3 is 0.505 bits per heavy atom. The maximum atomic E-state index is 6.74. The lowest BCUT2D eigenvalue weighted by atomic mass is 10.1. The molecule has 0 saturated carbocycles. The van der Waals surface area contributed by atoms with Gasteiger partial charge in [-0.15, -0.1) is 0 Å². The molecule has 4 aromatic carbocycles. The summed E-state index contributed by atoms with van der Waals surface area (Å²) in [5.41, 5.74) is 13.5. The maximum Gasteiger partial charge on any atom is 0.192 e. The molecular formula is C78H132O9Si6. The number of ether oxygens (including phenoxy) is 3. The van der Waals surface area contributed by atoms with Crippen molar-refractivity contribution >= 4 is 68.1 Å². The molecule has 0 fully saturated rings. The molecular weight excluding hydrogens is 1250 g/mol. The average Bonchev–Trinajstić information content (AvgIpc) is 0.917. The van der Waals surface area contributed by atoms with Crippen molar-refractivity contribution in [1.82, 2.24) is 0 Å². The lowest BCUT2D eigenvalue weighted by Crippen LogP contribution is -2.40. The van der Waals surface area contributed by atoms with E-state index in [1.54, 1.807) is 0 Å². The Morgan fingerprint density at radius 1 is 0.226 bits per heavy atom. The standard InChI is InChI=1S/C78H132O9Si6/c1-73(2,3)88(19,20)82-55-67-40-61(41-68(49-67)56-83-89(21,22)74(4,5)6)34-31-37-79-52-64-46-65(53-80-38-32-35-62-42-69(57-84-90(23,24)75(7,8)9)50-70(43-62)58-85-91(25,26)76(10,11)12)48-66(47-64)54-81-39-33-36-63-44-71(59-86-92(27,28)77(13,14)15)51-72(45-63)60-87-93(29,30)78(16,17)18/h31-36,40-51H,37-39,52-60H2,1-30H3/b34-31+,35-32+,36-33+. The Kier molecular flexibility index (Phi) is 29.5. The fourth-order valence-corrected chi connectivity index (χ4v) is 14.2. The van der Waals surface area contributed by atoms with Gasteiger partial charge >= 0.3 is 0 Å². The summed E-state index contributed by atoms with van der Waals surface area (Å²) in [6.45, 7) is 75.2. The third-order valence-electron chi connectivity index (χ3n) is 21.2. The number of hydrogen-bond donors (Lipinski definition) is 0. The van der Waals surface area contributed by atoms with Crippen molar-refractivity contribution in [3.8, 4) is 0 Å². The van der Waals surface area contributed by atoms with Crippen LogP contribution in [0.4, 0.5) is 0 Å². The van der Waals surface area contributed by atoms with Gasteiger partial charge in [-0.05, 0) is 212 Å². The van der Waals surface area contributed by atoms with Gasteiger partial charge in [0.2, 0.25) is 0 Å². The fourth-order valence-electron chi connectivity index (χ4n) is 8.42. The summed E-state index contributed by atoms with van der Waals surface area (Å²) < 4.78 is 59.8. The van der Waals surface area contributed by atoms with E-state index in [2.05, 4.69) is 312 Å². The Labute approximate surface area is 575 Å². The molecule has 9 nitrogen and oxygen atoms in total. The predicted octanol–water partition coefficient (Wildman–Crippen LogP) is 23.5. The largest absolute Gasteiger partial charge is 0.413 e. The van der Waals surface area contributed by atoms with Crippen molar-refractivity contribution in [1.29, 1.82) is 0 Å². The molecule has 0 aliphatic carbocycles. The zero-order valence-electron chi connectivity index (χ0n) is 64.6. The van der Waals surface area contributed by atoms with Gasteiger partial charge in [0.05, 0.1) is 79.3 Å². The Balaban J connectivity index is 1.60. The summed E-state index contributed by atoms with van der Waals surface area (Å²) in [5, 5.41) is 0.714. The van der Waals surface area contributed by atoms with E-state index >= 15 is 0 Å². The summed E-state index contributed by atoms with van der Waals surface area (Å²) in [6.07, 6.45) is 12.9. The molecule has 0 spiro atoms. The maximum absolute atomic E-state index is 6.74. The highest BCUT2D eigenvalue weighted by molar-refractivity contribution is 6.76. The molecule has 522 valence electrons. The van der Waals surface area contributed by atoms with Crippen molar-refractivity contribution in [2.24, 2.45) is 0 Å². The first-order valence-corrected chi connectivity index (χ1v) is 51.8. The lowest BCUT2D eigenvalue weighted by molar-refractivity contribution is 0.140. The molecule has 15 heteroatoms. The number of benzene rings is 4. The van der Waals surface area contributed by atoms with Crippen LogP contribution in [-0.2, 0) is 100 Å². The molecule has 0 radical (unpaired) electrons. The van der Waals surface area contributed by atoms with Crippen LogP contribution >= 0.6 is 0 Å². The van der Waals surface area contributed by atoms with Crippen LogP contribution in [0.1, 0.15) is 191 Å². The van der Waals surface area contributed by atoms with Crippen LogP contribution in [0.25, 0.3) is 18.2 Å². The highest BCUT2D eigenvalue weighted by atomic mass is 28.4. The second-order valence-electron chi connectivity index (χ2n) is 35.5. The van der Waals surface area contributed by atoms with E-state index in [0.717, 1.165) is 33.4 Å². The van der Waals surface area contributed by atoms with Gasteiger partial charge in [-0.25, -0.2) is 0 Å². The Hall–Kier alpha value is -2.96. The smallest absolute Gasteiger partial charge is 0.192 e. The van der Waals surface area contributed by atoms with Crippen LogP contribution in [-0.4, -0.2) is 69.7 Å². The van der Waals surface area contributed by atoms with Crippen LogP contribution in [0.2, 0.25) is 109 Å². The zero-order valence-corrected chi connectivity index (χ0v) is 70.6. The second kappa shape index (κ2) is 33.3. The van der Waals surface area contributed by atoms with Gasteiger partial charge in [0, 0.05) is 0 Å². The molecule has 93 heavy (non-hydrogen) atoms. The molecule has 0 aromatic heterocycles. The van der Waals surface area contributed by atoms with E-state index in [0.29, 0.717) is 79.3 Å². The second-order valence-corrected chi connectivity index (χ2v) is 64.3. The lowest BCUT2D eigenvalue weighted by Gasteiger charge is -2.36. The van der Waals surface area contributed by atoms with Gasteiger partial charge in [0.1, 0.15) is 0 Å². The molecule has 0 bridgehead atoms. The zero-order chi connectivity index (χ0) is 70.5. The topological polar surface area (TPSA) is 83.1 Å². The molecule has 0 N–H and O–H groups in total. The van der Waals surface area contributed by atoms with E-state index < -0.39 is 49.9 Å². The van der Waals surface area contributed by atoms with Crippen molar-refractivity contribution in [3.63, 3.8) is 0 Å². The molecule has 0 aliphatic rings. The van der Waals surface area contributed by atoms with Crippen LogP contribution in [0.15, 0.2) is 91.0 Å². The van der Waals surface area contributed by atoms with Crippen molar-refractivity contribution in [2.75, 3.05) is 19.8 Å². The average molecular weight is 1380 g/mol.